The van der Waals surface area contributed by atoms with Crippen molar-refractivity contribution in [3.8, 4) is 11.5 Å². The van der Waals surface area contributed by atoms with Gasteiger partial charge in [-0.2, -0.15) is 0 Å². The van der Waals surface area contributed by atoms with Gasteiger partial charge in [0.05, 0.1) is 25.6 Å². The molecule has 1 atom stereocenters. The highest BCUT2D eigenvalue weighted by atomic mass is 16.5. The Labute approximate surface area is 167 Å². The zero-order valence-corrected chi connectivity index (χ0v) is 16.2. The fraction of sp³-hybridized carbons (Fsp3) is 0.200. The number of benzene rings is 1. The number of methoxy groups -OCH3 is 2. The number of nitrogens with one attached hydrogen (secondary N) is 2. The van der Waals surface area contributed by atoms with E-state index in [4.69, 9.17) is 9.47 Å². The first-order valence-corrected chi connectivity index (χ1v) is 8.94. The van der Waals surface area contributed by atoms with Gasteiger partial charge >= 0.3 is 0 Å². The summed E-state index contributed by atoms with van der Waals surface area (Å²) in [6, 6.07) is 12.4. The van der Waals surface area contributed by atoms with Gasteiger partial charge in [-0.3, -0.25) is 15.1 Å². The molecule has 0 saturated heterocycles. The average Bonchev–Trinajstić information content (AvgIpc) is 2.73. The fourth-order valence-corrected chi connectivity index (χ4v) is 3.07. The summed E-state index contributed by atoms with van der Waals surface area (Å²) in [5.74, 6) is 2.06. The predicted octanol–water partition coefficient (Wildman–Crippen LogP) is 2.40. The molecule has 0 aliphatic carbocycles. The molecule has 2 aromatic heterocycles. The number of pyridine rings is 1. The molecule has 9 heteroatoms. The molecule has 0 amide bonds. The second kappa shape index (κ2) is 7.63. The lowest BCUT2D eigenvalue weighted by atomic mass is 10.2. The standard InChI is InChI=1S/C20H20N6O3/c1-12-10-17(27)26-18(15-6-4-5-9-21-15)24-19(25-20(26)22-12)23-14-8-7-13(28-2)11-16(14)29-3/h4-11,18H,1-3H3,(H2,22,23,24,25). The summed E-state index contributed by atoms with van der Waals surface area (Å²) in [5, 5.41) is 6.29. The number of fused-ring (bicyclic) bond motifs is 1. The Balaban J connectivity index is 1.77. The van der Waals surface area contributed by atoms with E-state index in [1.165, 1.54) is 10.6 Å². The van der Waals surface area contributed by atoms with Gasteiger partial charge in [-0.15, -0.1) is 0 Å². The molecule has 0 saturated carbocycles. The summed E-state index contributed by atoms with van der Waals surface area (Å²) in [6.45, 7) is 1.77. The zero-order valence-electron chi connectivity index (χ0n) is 16.2. The normalized spacial score (nSPS) is 15.0. The summed E-state index contributed by atoms with van der Waals surface area (Å²) in [5.41, 5.74) is 1.71. The minimum Gasteiger partial charge on any atom is -0.497 e. The lowest BCUT2D eigenvalue weighted by Gasteiger charge is -2.26. The molecule has 1 aliphatic heterocycles. The maximum Gasteiger partial charge on any atom is 0.257 e. The largest absolute Gasteiger partial charge is 0.497 e. The number of ether oxygens (including phenoxy) is 2. The Morgan fingerprint density at radius 2 is 2.00 bits per heavy atom. The topological polar surface area (TPSA) is 103 Å². The smallest absolute Gasteiger partial charge is 0.257 e. The Morgan fingerprint density at radius 3 is 2.72 bits per heavy atom. The van der Waals surface area contributed by atoms with Gasteiger partial charge in [0.15, 0.2) is 6.17 Å². The van der Waals surface area contributed by atoms with Crippen LogP contribution in [0.15, 0.2) is 58.4 Å². The monoisotopic (exact) mass is 392 g/mol. The van der Waals surface area contributed by atoms with Crippen LogP contribution >= 0.6 is 0 Å². The SMILES string of the molecule is COc1ccc(NC2=NC(c3ccccn3)n3c(nc(C)cc3=O)N2)c(OC)c1. The maximum absolute atomic E-state index is 12.6. The summed E-state index contributed by atoms with van der Waals surface area (Å²) < 4.78 is 12.2. The van der Waals surface area contributed by atoms with Crippen LogP contribution in [0.1, 0.15) is 17.6 Å². The van der Waals surface area contributed by atoms with E-state index in [2.05, 4.69) is 25.6 Å². The number of guanidine groups is 1. The zero-order chi connectivity index (χ0) is 20.4. The quantitative estimate of drug-likeness (QED) is 0.703. The van der Waals surface area contributed by atoms with Crippen LogP contribution in [-0.4, -0.2) is 34.7 Å². The summed E-state index contributed by atoms with van der Waals surface area (Å²) in [4.78, 5) is 26.1. The van der Waals surface area contributed by atoms with Crippen LogP contribution in [0, 0.1) is 6.92 Å². The molecule has 1 aromatic carbocycles. The molecular formula is C20H20N6O3. The Bertz CT molecular complexity index is 1130. The van der Waals surface area contributed by atoms with E-state index in [9.17, 15) is 4.79 Å². The molecule has 148 valence electrons. The van der Waals surface area contributed by atoms with Crippen molar-refractivity contribution in [3.63, 3.8) is 0 Å². The van der Waals surface area contributed by atoms with Gasteiger partial charge in [-0.05, 0) is 31.2 Å². The van der Waals surface area contributed by atoms with Crippen molar-refractivity contribution in [2.24, 2.45) is 4.99 Å². The molecule has 3 aromatic rings. The van der Waals surface area contributed by atoms with Crippen molar-refractivity contribution in [2.75, 3.05) is 24.9 Å². The predicted molar refractivity (Wildman–Crippen MR) is 110 cm³/mol. The summed E-state index contributed by atoms with van der Waals surface area (Å²) >= 11 is 0. The Morgan fingerprint density at radius 1 is 1.14 bits per heavy atom. The van der Waals surface area contributed by atoms with Crippen molar-refractivity contribution >= 4 is 17.6 Å². The van der Waals surface area contributed by atoms with E-state index in [1.807, 2.05) is 30.3 Å². The average molecular weight is 392 g/mol. The molecule has 0 bridgehead atoms. The van der Waals surface area contributed by atoms with Gasteiger partial charge in [0.25, 0.3) is 5.56 Å². The summed E-state index contributed by atoms with van der Waals surface area (Å²) in [6.07, 6.45) is 1.01. The van der Waals surface area contributed by atoms with Gasteiger partial charge < -0.3 is 14.8 Å². The second-order valence-corrected chi connectivity index (χ2v) is 6.35. The van der Waals surface area contributed by atoms with Crippen molar-refractivity contribution in [2.45, 2.75) is 13.1 Å². The molecule has 4 rings (SSSR count). The number of anilines is 2. The van der Waals surface area contributed by atoms with Gasteiger partial charge in [0, 0.05) is 24.0 Å². The third kappa shape index (κ3) is 3.62. The van der Waals surface area contributed by atoms with Gasteiger partial charge in [0.2, 0.25) is 11.9 Å². The highest BCUT2D eigenvalue weighted by Gasteiger charge is 2.26. The van der Waals surface area contributed by atoms with E-state index in [0.717, 1.165) is 0 Å². The van der Waals surface area contributed by atoms with Crippen LogP contribution in [0.25, 0.3) is 0 Å². The number of aromatic nitrogens is 3. The highest BCUT2D eigenvalue weighted by Crippen LogP contribution is 2.30. The van der Waals surface area contributed by atoms with E-state index >= 15 is 0 Å². The number of rotatable bonds is 4. The molecule has 3 heterocycles. The molecule has 0 radical (unpaired) electrons. The molecule has 9 nitrogen and oxygen atoms in total. The minimum atomic E-state index is -0.653. The molecule has 1 aliphatic rings. The van der Waals surface area contributed by atoms with E-state index in [0.29, 0.717) is 40.5 Å². The second-order valence-electron chi connectivity index (χ2n) is 6.35. The maximum atomic E-state index is 12.6. The van der Waals surface area contributed by atoms with Crippen molar-refractivity contribution < 1.29 is 9.47 Å². The molecule has 1 unspecified atom stereocenters. The van der Waals surface area contributed by atoms with Crippen LogP contribution in [0.3, 0.4) is 0 Å². The van der Waals surface area contributed by atoms with Crippen LogP contribution < -0.4 is 25.7 Å². The highest BCUT2D eigenvalue weighted by molar-refractivity contribution is 6.04. The molecule has 2 N–H and O–H groups in total. The number of hydrogen-bond donors (Lipinski definition) is 2. The number of aliphatic imine (C=N–C) groups is 1. The third-order valence-corrected chi connectivity index (χ3v) is 4.42. The molecular weight excluding hydrogens is 372 g/mol. The van der Waals surface area contributed by atoms with Crippen LogP contribution in [-0.2, 0) is 0 Å². The molecule has 0 spiro atoms. The minimum absolute atomic E-state index is 0.208. The fourth-order valence-electron chi connectivity index (χ4n) is 3.07. The van der Waals surface area contributed by atoms with Crippen LogP contribution in [0.5, 0.6) is 11.5 Å². The first-order chi connectivity index (χ1) is 14.1. The van der Waals surface area contributed by atoms with Crippen LogP contribution in [0.4, 0.5) is 11.6 Å². The van der Waals surface area contributed by atoms with Gasteiger partial charge in [0.1, 0.15) is 11.5 Å². The summed E-state index contributed by atoms with van der Waals surface area (Å²) in [7, 11) is 3.17. The Kier molecular flexibility index (Phi) is 4.86. The van der Waals surface area contributed by atoms with E-state index in [-0.39, 0.29) is 5.56 Å². The van der Waals surface area contributed by atoms with Gasteiger partial charge in [-0.25, -0.2) is 14.5 Å². The lowest BCUT2D eigenvalue weighted by Crippen LogP contribution is -2.38. The van der Waals surface area contributed by atoms with Crippen molar-refractivity contribution in [1.82, 2.24) is 14.5 Å². The lowest BCUT2D eigenvalue weighted by molar-refractivity contribution is 0.395. The van der Waals surface area contributed by atoms with Crippen molar-refractivity contribution in [3.05, 3.63) is 70.4 Å². The Hall–Kier alpha value is -3.88. The third-order valence-electron chi connectivity index (χ3n) is 4.42. The van der Waals surface area contributed by atoms with E-state index < -0.39 is 6.17 Å². The number of aryl methyl sites for hydroxylation is 1. The number of nitrogens with zero attached hydrogens (tertiary/aromatic N) is 4. The first-order valence-electron chi connectivity index (χ1n) is 8.94. The number of hydrogen-bond acceptors (Lipinski definition) is 8. The molecule has 0 fully saturated rings. The van der Waals surface area contributed by atoms with Gasteiger partial charge in [-0.1, -0.05) is 6.07 Å². The first kappa shape index (κ1) is 18.5. The van der Waals surface area contributed by atoms with E-state index in [1.54, 1.807) is 33.4 Å². The van der Waals surface area contributed by atoms with Crippen LogP contribution in [0.2, 0.25) is 0 Å². The molecule has 29 heavy (non-hydrogen) atoms. The van der Waals surface area contributed by atoms with Crippen molar-refractivity contribution in [1.29, 1.82) is 0 Å².